The molecule has 1 heterocycles. The van der Waals surface area contributed by atoms with Crippen LogP contribution in [0.1, 0.15) is 16.4 Å². The van der Waals surface area contributed by atoms with Crippen molar-refractivity contribution in [1.29, 1.82) is 0 Å². The standard InChI is InChI=1S/C15H20N2S/c1-17(2)14-7-5-12(6-8-14)10-13(11-16)15-4-3-9-18-15/h3-9,13H,10-11,16H2,1-2H3. The first kappa shape index (κ1) is 13.1. The van der Waals surface area contributed by atoms with Crippen LogP contribution in [0.15, 0.2) is 41.8 Å². The normalized spacial score (nSPS) is 12.4. The molecule has 96 valence electrons. The Balaban J connectivity index is 2.08. The number of nitrogens with zero attached hydrogens (tertiary/aromatic N) is 1. The lowest BCUT2D eigenvalue weighted by Crippen LogP contribution is -2.14. The molecule has 1 aromatic heterocycles. The molecule has 1 unspecified atom stereocenters. The Kier molecular flexibility index (Phi) is 4.39. The van der Waals surface area contributed by atoms with Gasteiger partial charge in [0, 0.05) is 37.1 Å². The first-order chi connectivity index (χ1) is 8.70. The maximum atomic E-state index is 5.89. The Labute approximate surface area is 113 Å². The van der Waals surface area contributed by atoms with Crippen LogP contribution in [0.5, 0.6) is 0 Å². The van der Waals surface area contributed by atoms with Gasteiger partial charge in [-0.15, -0.1) is 11.3 Å². The van der Waals surface area contributed by atoms with Crippen molar-refractivity contribution in [1.82, 2.24) is 0 Å². The van der Waals surface area contributed by atoms with Crippen LogP contribution in [0.25, 0.3) is 0 Å². The van der Waals surface area contributed by atoms with E-state index in [1.54, 1.807) is 11.3 Å². The van der Waals surface area contributed by atoms with Gasteiger partial charge in [-0.05, 0) is 35.6 Å². The van der Waals surface area contributed by atoms with E-state index in [2.05, 4.69) is 60.8 Å². The first-order valence-electron chi connectivity index (χ1n) is 6.20. The van der Waals surface area contributed by atoms with Gasteiger partial charge < -0.3 is 10.6 Å². The zero-order valence-corrected chi connectivity index (χ0v) is 11.8. The van der Waals surface area contributed by atoms with E-state index in [9.17, 15) is 0 Å². The number of benzene rings is 1. The Morgan fingerprint density at radius 3 is 2.39 bits per heavy atom. The molecule has 0 aliphatic rings. The van der Waals surface area contributed by atoms with Crippen LogP contribution in [0, 0.1) is 0 Å². The molecule has 0 amide bonds. The smallest absolute Gasteiger partial charge is 0.0361 e. The molecular weight excluding hydrogens is 240 g/mol. The van der Waals surface area contributed by atoms with E-state index in [1.165, 1.54) is 16.1 Å². The number of hydrogen-bond donors (Lipinski definition) is 1. The summed E-state index contributed by atoms with van der Waals surface area (Å²) in [6, 6.07) is 13.0. The zero-order chi connectivity index (χ0) is 13.0. The van der Waals surface area contributed by atoms with E-state index in [-0.39, 0.29) is 0 Å². The summed E-state index contributed by atoms with van der Waals surface area (Å²) >= 11 is 1.79. The molecule has 2 nitrogen and oxygen atoms in total. The van der Waals surface area contributed by atoms with Gasteiger partial charge in [0.05, 0.1) is 0 Å². The lowest BCUT2D eigenvalue weighted by molar-refractivity contribution is 0.707. The molecule has 1 atom stereocenters. The lowest BCUT2D eigenvalue weighted by Gasteiger charge is -2.15. The van der Waals surface area contributed by atoms with E-state index < -0.39 is 0 Å². The van der Waals surface area contributed by atoms with Crippen molar-refractivity contribution in [2.45, 2.75) is 12.3 Å². The summed E-state index contributed by atoms with van der Waals surface area (Å²) in [7, 11) is 4.12. The molecule has 0 saturated heterocycles. The SMILES string of the molecule is CN(C)c1ccc(CC(CN)c2cccs2)cc1. The summed E-state index contributed by atoms with van der Waals surface area (Å²) in [6.45, 7) is 0.704. The highest BCUT2D eigenvalue weighted by atomic mass is 32.1. The monoisotopic (exact) mass is 260 g/mol. The van der Waals surface area contributed by atoms with Gasteiger partial charge in [0.2, 0.25) is 0 Å². The number of nitrogens with two attached hydrogens (primary N) is 1. The predicted molar refractivity (Wildman–Crippen MR) is 80.6 cm³/mol. The summed E-state index contributed by atoms with van der Waals surface area (Å²) < 4.78 is 0. The van der Waals surface area contributed by atoms with E-state index >= 15 is 0 Å². The largest absolute Gasteiger partial charge is 0.378 e. The van der Waals surface area contributed by atoms with E-state index in [0.29, 0.717) is 12.5 Å². The molecular formula is C15H20N2S. The van der Waals surface area contributed by atoms with Crippen molar-refractivity contribution in [3.05, 3.63) is 52.2 Å². The van der Waals surface area contributed by atoms with Crippen LogP contribution >= 0.6 is 11.3 Å². The van der Waals surface area contributed by atoms with Crippen molar-refractivity contribution in [3.8, 4) is 0 Å². The molecule has 0 aliphatic heterocycles. The molecule has 3 heteroatoms. The maximum absolute atomic E-state index is 5.89. The van der Waals surface area contributed by atoms with Gasteiger partial charge in [0.1, 0.15) is 0 Å². The summed E-state index contributed by atoms with van der Waals surface area (Å²) in [6.07, 6.45) is 1.02. The van der Waals surface area contributed by atoms with Gasteiger partial charge in [-0.1, -0.05) is 18.2 Å². The first-order valence-corrected chi connectivity index (χ1v) is 7.08. The fourth-order valence-corrected chi connectivity index (χ4v) is 2.88. The molecule has 0 saturated carbocycles. The predicted octanol–water partition coefficient (Wildman–Crippen LogP) is 3.10. The molecule has 2 aromatic rings. The van der Waals surface area contributed by atoms with Gasteiger partial charge in [-0.25, -0.2) is 0 Å². The number of anilines is 1. The van der Waals surface area contributed by atoms with Crippen LogP contribution in [-0.4, -0.2) is 20.6 Å². The van der Waals surface area contributed by atoms with Crippen molar-refractivity contribution in [2.75, 3.05) is 25.5 Å². The van der Waals surface area contributed by atoms with Gasteiger partial charge in [-0.2, -0.15) is 0 Å². The quantitative estimate of drug-likeness (QED) is 0.895. The lowest BCUT2D eigenvalue weighted by atomic mass is 9.98. The Bertz CT molecular complexity index is 460. The number of thiophene rings is 1. The molecule has 2 N–H and O–H groups in total. The molecule has 0 spiro atoms. The summed E-state index contributed by atoms with van der Waals surface area (Å²) in [5.74, 6) is 0.440. The molecule has 2 rings (SSSR count). The van der Waals surface area contributed by atoms with Crippen LogP contribution < -0.4 is 10.6 Å². The third kappa shape index (κ3) is 3.12. The summed E-state index contributed by atoms with van der Waals surface area (Å²) in [4.78, 5) is 3.50. The second-order valence-electron chi connectivity index (χ2n) is 4.71. The minimum absolute atomic E-state index is 0.440. The van der Waals surface area contributed by atoms with Gasteiger partial charge >= 0.3 is 0 Å². The highest BCUT2D eigenvalue weighted by molar-refractivity contribution is 7.10. The van der Waals surface area contributed by atoms with Crippen LogP contribution in [0.2, 0.25) is 0 Å². The third-order valence-corrected chi connectivity index (χ3v) is 4.20. The summed E-state index contributed by atoms with van der Waals surface area (Å²) in [5.41, 5.74) is 8.48. The molecule has 0 fully saturated rings. The Morgan fingerprint density at radius 1 is 1.17 bits per heavy atom. The highest BCUT2D eigenvalue weighted by Gasteiger charge is 2.11. The second-order valence-corrected chi connectivity index (χ2v) is 5.69. The molecule has 0 radical (unpaired) electrons. The highest BCUT2D eigenvalue weighted by Crippen LogP contribution is 2.25. The molecule has 0 aliphatic carbocycles. The van der Waals surface area contributed by atoms with Crippen molar-refractivity contribution < 1.29 is 0 Å². The molecule has 0 bridgehead atoms. The minimum atomic E-state index is 0.440. The van der Waals surface area contributed by atoms with Crippen LogP contribution in [0.4, 0.5) is 5.69 Å². The van der Waals surface area contributed by atoms with E-state index in [0.717, 1.165) is 6.42 Å². The van der Waals surface area contributed by atoms with E-state index in [1.807, 2.05) is 0 Å². The van der Waals surface area contributed by atoms with Crippen LogP contribution in [0.3, 0.4) is 0 Å². The average Bonchev–Trinajstić information content (AvgIpc) is 2.90. The number of rotatable bonds is 5. The Hall–Kier alpha value is -1.32. The van der Waals surface area contributed by atoms with Gasteiger partial charge in [0.25, 0.3) is 0 Å². The van der Waals surface area contributed by atoms with Crippen LogP contribution in [-0.2, 0) is 6.42 Å². The third-order valence-electron chi connectivity index (χ3n) is 3.16. The van der Waals surface area contributed by atoms with Gasteiger partial charge in [0.15, 0.2) is 0 Å². The fourth-order valence-electron chi connectivity index (χ4n) is 2.04. The second kappa shape index (κ2) is 6.03. The average molecular weight is 260 g/mol. The summed E-state index contributed by atoms with van der Waals surface area (Å²) in [5, 5.41) is 2.12. The topological polar surface area (TPSA) is 29.3 Å². The van der Waals surface area contributed by atoms with Gasteiger partial charge in [-0.3, -0.25) is 0 Å². The van der Waals surface area contributed by atoms with Crippen molar-refractivity contribution >= 4 is 17.0 Å². The number of hydrogen-bond acceptors (Lipinski definition) is 3. The molecule has 1 aromatic carbocycles. The fraction of sp³-hybridized carbons (Fsp3) is 0.333. The molecule has 18 heavy (non-hydrogen) atoms. The Morgan fingerprint density at radius 2 is 1.89 bits per heavy atom. The van der Waals surface area contributed by atoms with Crippen molar-refractivity contribution in [2.24, 2.45) is 5.73 Å². The maximum Gasteiger partial charge on any atom is 0.0361 e. The zero-order valence-electron chi connectivity index (χ0n) is 11.0. The van der Waals surface area contributed by atoms with E-state index in [4.69, 9.17) is 5.73 Å². The minimum Gasteiger partial charge on any atom is -0.378 e. The van der Waals surface area contributed by atoms with Crippen molar-refractivity contribution in [3.63, 3.8) is 0 Å².